The van der Waals surface area contributed by atoms with Gasteiger partial charge in [-0.05, 0) is 29.8 Å². The van der Waals surface area contributed by atoms with Gasteiger partial charge in [-0.3, -0.25) is 4.79 Å². The van der Waals surface area contributed by atoms with E-state index in [1.165, 1.54) is 30.3 Å². The van der Waals surface area contributed by atoms with E-state index in [-0.39, 0.29) is 29.4 Å². The van der Waals surface area contributed by atoms with E-state index in [2.05, 4.69) is 14.8 Å². The van der Waals surface area contributed by atoms with Gasteiger partial charge in [-0.25, -0.2) is 4.79 Å². The molecule has 0 spiro atoms. The Morgan fingerprint density at radius 3 is 2.46 bits per heavy atom. The molecule has 0 aliphatic carbocycles. The van der Waals surface area contributed by atoms with Crippen molar-refractivity contribution in [3.63, 3.8) is 0 Å². The second-order valence-electron chi connectivity index (χ2n) is 5.31. The van der Waals surface area contributed by atoms with Gasteiger partial charge in [-0.1, -0.05) is 12.1 Å². The van der Waals surface area contributed by atoms with E-state index in [9.17, 15) is 18.4 Å². The van der Waals surface area contributed by atoms with Gasteiger partial charge < -0.3 is 24.6 Å². The Morgan fingerprint density at radius 2 is 1.77 bits per heavy atom. The minimum Gasteiger partial charge on any atom is -0.452 e. The fourth-order valence-electron chi connectivity index (χ4n) is 2.18. The number of alkyl halides is 2. The number of carbonyl (C=O) groups excluding carboxylic acids is 2. The van der Waals surface area contributed by atoms with E-state index in [0.717, 1.165) is 0 Å². The predicted molar refractivity (Wildman–Crippen MR) is 83.9 cm³/mol. The van der Waals surface area contributed by atoms with Crippen LogP contribution in [0.4, 0.5) is 14.5 Å². The fourth-order valence-corrected chi connectivity index (χ4v) is 2.18. The van der Waals surface area contributed by atoms with Crippen LogP contribution in [0.2, 0.25) is 0 Å². The van der Waals surface area contributed by atoms with E-state index in [1.54, 1.807) is 12.1 Å². The van der Waals surface area contributed by atoms with Gasteiger partial charge in [0.2, 0.25) is 0 Å². The molecule has 136 valence electrons. The normalized spacial score (nSPS) is 14.0. The summed E-state index contributed by atoms with van der Waals surface area (Å²) in [4.78, 5) is 23.7. The summed E-state index contributed by atoms with van der Waals surface area (Å²) in [6.45, 7) is -0.718. The van der Waals surface area contributed by atoms with Crippen LogP contribution in [0.3, 0.4) is 0 Å². The second kappa shape index (κ2) is 6.96. The van der Waals surface area contributed by atoms with Crippen molar-refractivity contribution in [1.29, 1.82) is 0 Å². The first-order valence-electron chi connectivity index (χ1n) is 7.43. The van der Waals surface area contributed by atoms with Crippen molar-refractivity contribution in [3.05, 3.63) is 53.6 Å². The molecule has 0 radical (unpaired) electrons. The van der Waals surface area contributed by atoms with Gasteiger partial charge in [-0.2, -0.15) is 0 Å². The van der Waals surface area contributed by atoms with Crippen LogP contribution < -0.4 is 14.8 Å². The molecule has 0 bridgehead atoms. The maximum Gasteiger partial charge on any atom is 0.586 e. The number of anilines is 1. The Labute approximate surface area is 146 Å². The SMILES string of the molecule is O=C(COC(=O)c1ccc(CO)cc1)Nc1ccc2c(c1)OC(F)(F)O2. The Bertz CT molecular complexity index is 838. The Hall–Kier alpha value is -3.20. The molecule has 26 heavy (non-hydrogen) atoms. The number of aliphatic hydroxyl groups excluding tert-OH is 1. The molecule has 0 saturated carbocycles. The second-order valence-corrected chi connectivity index (χ2v) is 5.31. The average molecular weight is 365 g/mol. The number of ether oxygens (including phenoxy) is 3. The van der Waals surface area contributed by atoms with Crippen molar-refractivity contribution in [2.75, 3.05) is 11.9 Å². The van der Waals surface area contributed by atoms with Crippen LogP contribution >= 0.6 is 0 Å². The molecule has 0 aromatic heterocycles. The van der Waals surface area contributed by atoms with E-state index < -0.39 is 24.8 Å². The molecule has 1 aliphatic rings. The first-order valence-corrected chi connectivity index (χ1v) is 7.43. The number of nitrogens with one attached hydrogen (secondary N) is 1. The van der Waals surface area contributed by atoms with Crippen molar-refractivity contribution in [2.24, 2.45) is 0 Å². The summed E-state index contributed by atoms with van der Waals surface area (Å²) in [6, 6.07) is 9.77. The van der Waals surface area contributed by atoms with Crippen molar-refractivity contribution in [3.8, 4) is 11.5 Å². The monoisotopic (exact) mass is 365 g/mol. The van der Waals surface area contributed by atoms with Gasteiger partial charge in [0.05, 0.1) is 12.2 Å². The van der Waals surface area contributed by atoms with E-state index in [4.69, 9.17) is 9.84 Å². The maximum absolute atomic E-state index is 12.9. The van der Waals surface area contributed by atoms with Gasteiger partial charge in [0.25, 0.3) is 5.91 Å². The van der Waals surface area contributed by atoms with E-state index in [0.29, 0.717) is 5.56 Å². The Morgan fingerprint density at radius 1 is 1.08 bits per heavy atom. The van der Waals surface area contributed by atoms with E-state index >= 15 is 0 Å². The van der Waals surface area contributed by atoms with Gasteiger partial charge in [0, 0.05) is 11.8 Å². The molecule has 0 fully saturated rings. The number of aliphatic hydroxyl groups is 1. The van der Waals surface area contributed by atoms with E-state index in [1.807, 2.05) is 0 Å². The number of benzene rings is 2. The molecule has 2 N–H and O–H groups in total. The van der Waals surface area contributed by atoms with Crippen LogP contribution in [-0.4, -0.2) is 29.9 Å². The summed E-state index contributed by atoms with van der Waals surface area (Å²) in [5, 5.41) is 11.3. The summed E-state index contributed by atoms with van der Waals surface area (Å²) >= 11 is 0. The van der Waals surface area contributed by atoms with Crippen LogP contribution in [0.25, 0.3) is 0 Å². The topological polar surface area (TPSA) is 94.1 Å². The molecule has 2 aromatic rings. The molecule has 1 aliphatic heterocycles. The van der Waals surface area contributed by atoms with Crippen LogP contribution in [0.1, 0.15) is 15.9 Å². The molecule has 7 nitrogen and oxygen atoms in total. The zero-order chi connectivity index (χ0) is 18.7. The highest BCUT2D eigenvalue weighted by molar-refractivity contribution is 5.95. The summed E-state index contributed by atoms with van der Waals surface area (Å²) in [7, 11) is 0. The minimum absolute atomic E-state index is 0.147. The smallest absolute Gasteiger partial charge is 0.452 e. The zero-order valence-corrected chi connectivity index (χ0v) is 13.2. The average Bonchev–Trinajstić information content (AvgIpc) is 2.92. The Kier molecular flexibility index (Phi) is 4.72. The van der Waals surface area contributed by atoms with Gasteiger partial charge in [0.15, 0.2) is 18.1 Å². The number of hydrogen-bond acceptors (Lipinski definition) is 6. The highest BCUT2D eigenvalue weighted by Crippen LogP contribution is 2.42. The van der Waals surface area contributed by atoms with Crippen molar-refractivity contribution in [2.45, 2.75) is 12.9 Å². The minimum atomic E-state index is -3.74. The third-order valence-corrected chi connectivity index (χ3v) is 3.39. The maximum atomic E-state index is 12.9. The number of hydrogen-bond donors (Lipinski definition) is 2. The van der Waals surface area contributed by atoms with Crippen LogP contribution in [-0.2, 0) is 16.1 Å². The molecule has 9 heteroatoms. The van der Waals surface area contributed by atoms with Gasteiger partial charge in [-0.15, -0.1) is 8.78 Å². The molecule has 2 aromatic carbocycles. The van der Waals surface area contributed by atoms with Crippen LogP contribution in [0, 0.1) is 0 Å². The van der Waals surface area contributed by atoms with Crippen molar-refractivity contribution in [1.82, 2.24) is 0 Å². The largest absolute Gasteiger partial charge is 0.586 e. The number of halogens is 2. The third kappa shape index (κ3) is 4.06. The van der Waals surface area contributed by atoms with Gasteiger partial charge >= 0.3 is 12.3 Å². The summed E-state index contributed by atoms with van der Waals surface area (Å²) in [5.74, 6) is -1.73. The lowest BCUT2D eigenvalue weighted by Gasteiger charge is -2.07. The molecular weight excluding hydrogens is 352 g/mol. The zero-order valence-electron chi connectivity index (χ0n) is 13.2. The fraction of sp³-hybridized carbons (Fsp3) is 0.176. The highest BCUT2D eigenvalue weighted by atomic mass is 19.3. The number of amides is 1. The van der Waals surface area contributed by atoms with Crippen molar-refractivity contribution >= 4 is 17.6 Å². The summed E-state index contributed by atoms with van der Waals surface area (Å²) in [6.07, 6.45) is -3.74. The lowest BCUT2D eigenvalue weighted by Crippen LogP contribution is -2.25. The lowest BCUT2D eigenvalue weighted by atomic mass is 10.1. The molecule has 1 heterocycles. The first kappa shape index (κ1) is 17.6. The lowest BCUT2D eigenvalue weighted by molar-refractivity contribution is -0.286. The van der Waals surface area contributed by atoms with Crippen LogP contribution in [0.15, 0.2) is 42.5 Å². The third-order valence-electron chi connectivity index (χ3n) is 3.39. The highest BCUT2D eigenvalue weighted by Gasteiger charge is 2.43. The first-order chi connectivity index (χ1) is 12.4. The predicted octanol–water partition coefficient (Wildman–Crippen LogP) is 2.30. The molecule has 0 saturated heterocycles. The quantitative estimate of drug-likeness (QED) is 0.790. The molecular formula is C17H13F2NO6. The molecule has 0 atom stereocenters. The molecule has 1 amide bonds. The van der Waals surface area contributed by atoms with Crippen molar-refractivity contribution < 1.29 is 37.7 Å². The molecule has 3 rings (SSSR count). The number of esters is 1. The Balaban J connectivity index is 1.54. The standard InChI is InChI=1S/C17H13F2NO6/c18-17(19)25-13-6-5-12(7-14(13)26-17)20-15(22)9-24-16(23)11-3-1-10(8-21)2-4-11/h1-7,21H,8-9H2,(H,20,22). The van der Waals surface area contributed by atoms with Crippen LogP contribution in [0.5, 0.6) is 11.5 Å². The molecule has 0 unspecified atom stereocenters. The number of fused-ring (bicyclic) bond motifs is 1. The van der Waals surface area contributed by atoms with Gasteiger partial charge in [0.1, 0.15) is 0 Å². The summed E-state index contributed by atoms with van der Waals surface area (Å²) in [5.41, 5.74) is 1.03. The number of carbonyl (C=O) groups is 2. The summed E-state index contributed by atoms with van der Waals surface area (Å²) < 4.78 is 39.3. The number of rotatable bonds is 5.